The minimum atomic E-state index is -1.19. The zero-order valence-corrected chi connectivity index (χ0v) is 14.4. The average Bonchev–Trinajstić information content (AvgIpc) is 2.20. The van der Waals surface area contributed by atoms with E-state index in [-0.39, 0.29) is 35.1 Å². The zero-order valence-electron chi connectivity index (χ0n) is 11.5. The van der Waals surface area contributed by atoms with Crippen molar-refractivity contribution < 1.29 is 19.8 Å². The van der Waals surface area contributed by atoms with Gasteiger partial charge in [-0.1, -0.05) is 25.3 Å². The number of carboxylic acid groups (broad SMARTS) is 2. The number of hydrogen-bond acceptors (Lipinski definition) is 4. The molecule has 0 bridgehead atoms. The van der Waals surface area contributed by atoms with Crippen LogP contribution >= 0.6 is 0 Å². The number of carboxylic acids is 2. The average molecular weight is 371 g/mol. The quantitative estimate of drug-likeness (QED) is 0.515. The van der Waals surface area contributed by atoms with E-state index in [4.69, 9.17) is 0 Å². The van der Waals surface area contributed by atoms with E-state index in [1.165, 1.54) is 26.0 Å². The SMILES string of the molecule is C=C(C)C(=O)[O-].C=C(C)C(=O)[O-].[CH2]C=C.[CH2]C=C.[Sn+2]. The van der Waals surface area contributed by atoms with Gasteiger partial charge in [-0.05, 0) is 38.8 Å². The third-order valence-corrected chi connectivity index (χ3v) is 0.697. The molecule has 0 saturated heterocycles. The van der Waals surface area contributed by atoms with Crippen molar-refractivity contribution in [2.45, 2.75) is 13.8 Å². The van der Waals surface area contributed by atoms with Crippen molar-refractivity contribution in [1.82, 2.24) is 0 Å². The minimum Gasteiger partial charge on any atom is -0.545 e. The molecule has 0 aliphatic carbocycles. The number of carbonyl (C=O) groups is 2. The molecule has 0 atom stereocenters. The number of rotatable bonds is 2. The molecule has 4 nitrogen and oxygen atoms in total. The third-order valence-electron chi connectivity index (χ3n) is 0.697. The molecule has 0 spiro atoms. The Bertz CT molecular complexity index is 240. The Morgan fingerprint density at radius 2 is 0.895 bits per heavy atom. The van der Waals surface area contributed by atoms with E-state index in [2.05, 4.69) is 40.2 Å². The van der Waals surface area contributed by atoms with Gasteiger partial charge in [-0.25, -0.2) is 0 Å². The van der Waals surface area contributed by atoms with Gasteiger partial charge in [0.15, 0.2) is 0 Å². The van der Waals surface area contributed by atoms with Gasteiger partial charge in [0.1, 0.15) is 0 Å². The first-order valence-electron chi connectivity index (χ1n) is 4.66. The maximum atomic E-state index is 9.49. The number of aliphatic carboxylic acids is 2. The number of hydrogen-bond donors (Lipinski definition) is 0. The molecule has 0 saturated carbocycles. The molecule has 0 aliphatic heterocycles. The molecule has 19 heavy (non-hydrogen) atoms. The molecule has 0 fully saturated rings. The Morgan fingerprint density at radius 1 is 0.842 bits per heavy atom. The molecule has 0 aromatic rings. The molecule has 0 amide bonds. The summed E-state index contributed by atoms with van der Waals surface area (Å²) in [5, 5.41) is 19.0. The van der Waals surface area contributed by atoms with Crippen molar-refractivity contribution in [3.05, 3.63) is 63.5 Å². The summed E-state index contributed by atoms with van der Waals surface area (Å²) >= 11 is 0. The van der Waals surface area contributed by atoms with Crippen LogP contribution in [0.5, 0.6) is 0 Å². The van der Waals surface area contributed by atoms with Gasteiger partial charge in [-0.3, -0.25) is 0 Å². The van der Waals surface area contributed by atoms with Gasteiger partial charge in [-0.15, -0.1) is 13.2 Å². The van der Waals surface area contributed by atoms with Crippen molar-refractivity contribution in [2.75, 3.05) is 0 Å². The Morgan fingerprint density at radius 3 is 0.895 bits per heavy atom. The van der Waals surface area contributed by atoms with Crippen LogP contribution in [0.3, 0.4) is 0 Å². The van der Waals surface area contributed by atoms with Crippen LogP contribution in [0.2, 0.25) is 0 Å². The molecular weight excluding hydrogens is 351 g/mol. The molecule has 0 unspecified atom stereocenters. The second-order valence-electron chi connectivity index (χ2n) is 2.71. The normalized spacial score (nSPS) is 6.11. The molecule has 0 N–H and O–H groups in total. The predicted octanol–water partition coefficient (Wildman–Crippen LogP) is 0.257. The molecule has 4 radical (unpaired) electrons. The van der Waals surface area contributed by atoms with Crippen molar-refractivity contribution in [3.8, 4) is 0 Å². The van der Waals surface area contributed by atoms with E-state index < -0.39 is 11.9 Å². The van der Waals surface area contributed by atoms with Gasteiger partial charge in [0.05, 0.1) is 11.9 Å². The summed E-state index contributed by atoms with van der Waals surface area (Å²) in [6, 6.07) is 0. The first kappa shape index (κ1) is 30.6. The van der Waals surface area contributed by atoms with E-state index in [0.717, 1.165) is 0 Å². The molecule has 0 rings (SSSR count). The molecule has 0 aromatic carbocycles. The fourth-order valence-electron chi connectivity index (χ4n) is 0. The van der Waals surface area contributed by atoms with E-state index in [0.29, 0.717) is 0 Å². The summed E-state index contributed by atoms with van der Waals surface area (Å²) < 4.78 is 0. The van der Waals surface area contributed by atoms with Crippen molar-refractivity contribution in [2.24, 2.45) is 0 Å². The number of carbonyl (C=O) groups excluding carboxylic acids is 2. The summed E-state index contributed by atoms with van der Waals surface area (Å²) in [7, 11) is 0. The summed E-state index contributed by atoms with van der Waals surface area (Å²) in [5.41, 5.74) is 0.130. The minimum absolute atomic E-state index is 0. The van der Waals surface area contributed by atoms with Crippen LogP contribution < -0.4 is 10.2 Å². The van der Waals surface area contributed by atoms with Crippen molar-refractivity contribution >= 4 is 35.8 Å². The zero-order chi connectivity index (χ0) is 15.7. The largest absolute Gasteiger partial charge is 2.00 e. The Hall–Kier alpha value is -1.30. The smallest absolute Gasteiger partial charge is 0.545 e. The van der Waals surface area contributed by atoms with Gasteiger partial charge in [0.2, 0.25) is 0 Å². The van der Waals surface area contributed by atoms with Crippen molar-refractivity contribution in [1.29, 1.82) is 0 Å². The van der Waals surface area contributed by atoms with Crippen LogP contribution in [-0.2, 0) is 9.59 Å². The molecule has 5 heteroatoms. The van der Waals surface area contributed by atoms with E-state index in [9.17, 15) is 19.8 Å². The molecule has 104 valence electrons. The summed E-state index contributed by atoms with van der Waals surface area (Å²) in [6.07, 6.45) is 3.00. The van der Waals surface area contributed by atoms with Gasteiger partial charge < -0.3 is 19.8 Å². The van der Waals surface area contributed by atoms with Gasteiger partial charge in [-0.2, -0.15) is 0 Å². The van der Waals surface area contributed by atoms with Gasteiger partial charge in [0, 0.05) is 0 Å². The van der Waals surface area contributed by atoms with Crippen molar-refractivity contribution in [3.63, 3.8) is 0 Å². The molecule has 0 heterocycles. The van der Waals surface area contributed by atoms with Crippen LogP contribution in [0.4, 0.5) is 0 Å². The number of allylic oxidation sites excluding steroid dienone is 2. The second-order valence-corrected chi connectivity index (χ2v) is 2.71. The summed E-state index contributed by atoms with van der Waals surface area (Å²) in [4.78, 5) is 19.0. The monoisotopic (exact) mass is 372 g/mol. The Labute approximate surface area is 133 Å². The maximum absolute atomic E-state index is 9.49. The Kier molecular flexibility index (Phi) is 41.1. The van der Waals surface area contributed by atoms with Crippen LogP contribution in [-0.4, -0.2) is 35.8 Å². The predicted molar refractivity (Wildman–Crippen MR) is 76.5 cm³/mol. The van der Waals surface area contributed by atoms with Crippen LogP contribution in [0.1, 0.15) is 13.8 Å². The van der Waals surface area contributed by atoms with Gasteiger partial charge >= 0.3 is 23.9 Å². The van der Waals surface area contributed by atoms with E-state index in [1.54, 1.807) is 0 Å². The third kappa shape index (κ3) is 80.4. The standard InChI is InChI=1S/2C4H6O2.2C3H5.Sn/c2*1-3(2)4(5)6;2*1-3-2;/h2*1H2,2H3,(H,5,6);2*3H,1-2H2;/q;;;;+2/p-2. The topological polar surface area (TPSA) is 80.3 Å². The van der Waals surface area contributed by atoms with Crippen LogP contribution in [0, 0.1) is 13.8 Å². The Balaban J connectivity index is -0.0000000476. The maximum Gasteiger partial charge on any atom is 2.00 e. The fourth-order valence-corrected chi connectivity index (χ4v) is 0. The van der Waals surface area contributed by atoms with Gasteiger partial charge in [0.25, 0.3) is 0 Å². The summed E-state index contributed by atoms with van der Waals surface area (Å²) in [6.45, 7) is 22.0. The molecular formula is C14H20O4Sn. The van der Waals surface area contributed by atoms with Crippen LogP contribution in [0.15, 0.2) is 49.6 Å². The van der Waals surface area contributed by atoms with E-state index in [1.807, 2.05) is 0 Å². The fraction of sp³-hybridized carbons (Fsp3) is 0.143. The molecule has 0 aliphatic rings. The van der Waals surface area contributed by atoms with E-state index >= 15 is 0 Å². The second kappa shape index (κ2) is 25.5. The molecule has 0 aromatic heterocycles. The van der Waals surface area contributed by atoms with Crippen LogP contribution in [0.25, 0.3) is 0 Å². The summed E-state index contributed by atoms with van der Waals surface area (Å²) in [5.74, 6) is -2.37. The first-order chi connectivity index (χ1) is 8.11. The first-order valence-corrected chi connectivity index (χ1v) is 4.66.